The number of pyridine rings is 2. The van der Waals surface area contributed by atoms with E-state index >= 15 is 0 Å². The molecule has 2 unspecified atom stereocenters. The van der Waals surface area contributed by atoms with E-state index < -0.39 is 0 Å². The second-order valence-electron chi connectivity index (χ2n) is 18.5. The van der Waals surface area contributed by atoms with Crippen molar-refractivity contribution in [3.05, 3.63) is 271 Å². The van der Waals surface area contributed by atoms with Crippen LogP contribution < -0.4 is 9.47 Å². The molecule has 0 saturated carbocycles. The second kappa shape index (κ2) is 17.7. The fourth-order valence-corrected chi connectivity index (χ4v) is 10.6. The molecule has 0 fully saturated rings. The molecule has 10 aromatic rings. The molecule has 4 heteroatoms. The van der Waals surface area contributed by atoms with Crippen molar-refractivity contribution < 1.29 is 9.47 Å². The number of allylic oxidation sites excluding steroid dienone is 3. The highest BCUT2D eigenvalue weighted by molar-refractivity contribution is 5.83. The van der Waals surface area contributed by atoms with Crippen LogP contribution in [0, 0.1) is 5.92 Å². The van der Waals surface area contributed by atoms with Gasteiger partial charge in [0.2, 0.25) is 0 Å². The van der Waals surface area contributed by atoms with Crippen LogP contribution in [-0.4, -0.2) is 9.97 Å². The molecular formula is C66H46N2O2. The topological polar surface area (TPSA) is 44.2 Å². The predicted octanol–water partition coefficient (Wildman–Crippen LogP) is 16.6. The summed E-state index contributed by atoms with van der Waals surface area (Å²) in [6, 6.07) is 78.9. The molecule has 0 saturated heterocycles. The summed E-state index contributed by atoms with van der Waals surface area (Å²) in [5, 5.41) is 0. The van der Waals surface area contributed by atoms with Gasteiger partial charge in [-0.25, -0.2) is 9.97 Å². The van der Waals surface area contributed by atoms with E-state index in [0.29, 0.717) is 11.8 Å². The standard InChI is InChI=1S/C66H46N2O2/c1-3-14-43(15-4-1)63-39-51(41-65(67-63)49-22-12-24-55(35-49)69-57-28-30-61-53(37-57)33-47-18-7-9-26-59(47)61)45-20-11-21-46(32-45)52-40-64(44-16-5-2-6-17-44)68-66(42-52)50-23-13-25-56(36-50)70-58-29-31-62-54(38-58)34-48-19-8-10-27-60(48)62/h1-32,35-42,53,61H,33-34H2. The molecule has 0 amide bonds. The van der Waals surface area contributed by atoms with Crippen LogP contribution >= 0.6 is 0 Å². The molecule has 0 aliphatic heterocycles. The molecule has 2 atom stereocenters. The highest BCUT2D eigenvalue weighted by atomic mass is 16.5. The molecule has 4 nitrogen and oxygen atoms in total. The third-order valence-electron chi connectivity index (χ3n) is 14.0. The van der Waals surface area contributed by atoms with E-state index in [-0.39, 0.29) is 0 Å². The summed E-state index contributed by atoms with van der Waals surface area (Å²) < 4.78 is 13.2. The van der Waals surface area contributed by atoms with Crippen LogP contribution in [-0.2, 0) is 12.8 Å². The zero-order valence-corrected chi connectivity index (χ0v) is 38.4. The summed E-state index contributed by atoms with van der Waals surface area (Å²) in [7, 11) is 0. The Hall–Kier alpha value is -8.86. The third-order valence-corrected chi connectivity index (χ3v) is 14.0. The molecule has 0 spiro atoms. The summed E-state index contributed by atoms with van der Waals surface area (Å²) in [6.07, 6.45) is 8.68. The van der Waals surface area contributed by atoms with Gasteiger partial charge in [0.05, 0.1) is 22.8 Å². The van der Waals surface area contributed by atoms with Gasteiger partial charge in [-0.05, 0) is 153 Å². The molecule has 2 heterocycles. The first-order chi connectivity index (χ1) is 34.6. The number of ether oxygens (including phenoxy) is 2. The van der Waals surface area contributed by atoms with Gasteiger partial charge in [-0.2, -0.15) is 0 Å². The Morgan fingerprint density at radius 2 is 0.871 bits per heavy atom. The van der Waals surface area contributed by atoms with E-state index in [1.165, 1.54) is 33.4 Å². The molecule has 3 aliphatic carbocycles. The van der Waals surface area contributed by atoms with Crippen molar-refractivity contribution in [1.82, 2.24) is 9.97 Å². The summed E-state index contributed by atoms with van der Waals surface area (Å²) in [5.74, 6) is 4.06. The maximum Gasteiger partial charge on any atom is 0.128 e. The Kier molecular flexibility index (Phi) is 10.4. The smallest absolute Gasteiger partial charge is 0.128 e. The molecule has 0 N–H and O–H groups in total. The lowest BCUT2D eigenvalue weighted by Gasteiger charge is -2.20. The maximum atomic E-state index is 6.59. The molecule has 13 rings (SSSR count). The van der Waals surface area contributed by atoms with Gasteiger partial charge in [0.1, 0.15) is 23.0 Å². The molecule has 0 radical (unpaired) electrons. The average Bonchev–Trinajstić information content (AvgIpc) is 3.99. The van der Waals surface area contributed by atoms with Gasteiger partial charge in [0.25, 0.3) is 0 Å². The normalized spacial score (nSPS) is 15.1. The Labute approximate surface area is 408 Å². The van der Waals surface area contributed by atoms with Gasteiger partial charge in [-0.3, -0.25) is 0 Å². The molecule has 3 aliphatic rings. The molecular weight excluding hydrogens is 853 g/mol. The highest BCUT2D eigenvalue weighted by Crippen LogP contribution is 2.44. The Bertz CT molecular complexity index is 3690. The quantitative estimate of drug-likeness (QED) is 0.137. The van der Waals surface area contributed by atoms with Crippen LogP contribution in [0.15, 0.2) is 248 Å². The van der Waals surface area contributed by atoms with Gasteiger partial charge in [0, 0.05) is 28.2 Å². The Balaban J connectivity index is 0.831. The van der Waals surface area contributed by atoms with Crippen LogP contribution in [0.3, 0.4) is 0 Å². The second-order valence-corrected chi connectivity index (χ2v) is 18.5. The van der Waals surface area contributed by atoms with Crippen LogP contribution in [0.1, 0.15) is 28.2 Å². The Morgan fingerprint density at radius 1 is 0.357 bits per heavy atom. The van der Waals surface area contributed by atoms with Gasteiger partial charge < -0.3 is 9.47 Å². The molecule has 332 valence electrons. The van der Waals surface area contributed by atoms with Crippen LogP contribution in [0.4, 0.5) is 0 Å². The van der Waals surface area contributed by atoms with Crippen LogP contribution in [0.25, 0.3) is 78.4 Å². The van der Waals surface area contributed by atoms with Crippen LogP contribution in [0.2, 0.25) is 0 Å². The fraction of sp³-hybridized carbons (Fsp3) is 0.0606. The zero-order chi connectivity index (χ0) is 46.4. The summed E-state index contributed by atoms with van der Waals surface area (Å²) in [5.41, 5.74) is 20.0. The largest absolute Gasteiger partial charge is 0.458 e. The molecule has 2 aromatic heterocycles. The van der Waals surface area contributed by atoms with Crippen molar-refractivity contribution in [3.8, 4) is 95.7 Å². The van der Waals surface area contributed by atoms with E-state index in [4.69, 9.17) is 19.4 Å². The van der Waals surface area contributed by atoms with Crippen LogP contribution in [0.5, 0.6) is 17.2 Å². The van der Waals surface area contributed by atoms with Gasteiger partial charge in [-0.15, -0.1) is 0 Å². The first-order valence-corrected chi connectivity index (χ1v) is 24.1. The van der Waals surface area contributed by atoms with Gasteiger partial charge in [0.15, 0.2) is 0 Å². The molecule has 70 heavy (non-hydrogen) atoms. The first-order valence-electron chi connectivity index (χ1n) is 24.1. The third kappa shape index (κ3) is 8.10. The Morgan fingerprint density at radius 3 is 1.54 bits per heavy atom. The molecule has 8 aromatic carbocycles. The summed E-state index contributed by atoms with van der Waals surface area (Å²) in [6.45, 7) is 0. The van der Waals surface area contributed by atoms with Gasteiger partial charge >= 0.3 is 0 Å². The van der Waals surface area contributed by atoms with Crippen molar-refractivity contribution in [2.75, 3.05) is 0 Å². The van der Waals surface area contributed by atoms with Crippen molar-refractivity contribution in [3.63, 3.8) is 0 Å². The lowest BCUT2D eigenvalue weighted by Crippen LogP contribution is -2.09. The van der Waals surface area contributed by atoms with E-state index in [9.17, 15) is 0 Å². The number of benzene rings is 8. The number of aromatic nitrogens is 2. The minimum Gasteiger partial charge on any atom is -0.458 e. The average molecular weight is 899 g/mol. The van der Waals surface area contributed by atoms with E-state index in [1.54, 1.807) is 0 Å². The van der Waals surface area contributed by atoms with Crippen molar-refractivity contribution in [2.24, 2.45) is 5.92 Å². The SMILES string of the molecule is C1=CC2c3ccccc3CC2C=C1Oc1cccc(-c2cc(-c3cccc(-c4cc(-c5ccccc5)nc(-c5cccc(Oc6ccc7c(c6)Cc6ccccc6-7)c5)c4)c3)cc(-c3ccccc3)n2)c1. The fourth-order valence-electron chi connectivity index (χ4n) is 10.6. The number of hydrogen-bond donors (Lipinski definition) is 0. The number of nitrogens with zero attached hydrogens (tertiary/aromatic N) is 2. The predicted molar refractivity (Wildman–Crippen MR) is 284 cm³/mol. The summed E-state index contributed by atoms with van der Waals surface area (Å²) >= 11 is 0. The maximum absolute atomic E-state index is 6.59. The summed E-state index contributed by atoms with van der Waals surface area (Å²) in [4.78, 5) is 10.6. The minimum atomic E-state index is 0.401. The number of fused-ring (bicyclic) bond motifs is 6. The van der Waals surface area contributed by atoms with Crippen molar-refractivity contribution in [1.29, 1.82) is 0 Å². The van der Waals surface area contributed by atoms with Gasteiger partial charge in [-0.1, -0.05) is 164 Å². The van der Waals surface area contributed by atoms with Crippen molar-refractivity contribution in [2.45, 2.75) is 18.8 Å². The monoisotopic (exact) mass is 898 g/mol. The molecule has 0 bridgehead atoms. The van der Waals surface area contributed by atoms with E-state index in [2.05, 4.69) is 212 Å². The van der Waals surface area contributed by atoms with Crippen molar-refractivity contribution >= 4 is 0 Å². The number of hydrogen-bond acceptors (Lipinski definition) is 4. The first kappa shape index (κ1) is 41.3. The highest BCUT2D eigenvalue weighted by Gasteiger charge is 2.31. The minimum absolute atomic E-state index is 0.401. The van der Waals surface area contributed by atoms with E-state index in [1.807, 2.05) is 30.3 Å². The zero-order valence-electron chi connectivity index (χ0n) is 38.4. The number of rotatable bonds is 10. The lowest BCUT2D eigenvalue weighted by molar-refractivity contribution is 0.427. The van der Waals surface area contributed by atoms with E-state index in [0.717, 1.165) is 103 Å². The lowest BCUT2D eigenvalue weighted by atomic mass is 9.88.